The Kier molecular flexibility index (Phi) is 3.61. The van der Waals surface area contributed by atoms with Gasteiger partial charge in [-0.1, -0.05) is 0 Å². The van der Waals surface area contributed by atoms with E-state index in [0.29, 0.717) is 12.5 Å². The number of aromatic nitrogens is 2. The maximum absolute atomic E-state index is 11.3. The van der Waals surface area contributed by atoms with Crippen LogP contribution in [0, 0.1) is 12.8 Å². The van der Waals surface area contributed by atoms with Gasteiger partial charge in [0.1, 0.15) is 5.82 Å². The second kappa shape index (κ2) is 5.18. The summed E-state index contributed by atoms with van der Waals surface area (Å²) in [6.45, 7) is 3.35. The Morgan fingerprint density at radius 1 is 1.56 bits per heavy atom. The molecule has 0 saturated carbocycles. The number of hydrogen-bond donors (Lipinski definition) is 3. The first-order valence-corrected chi connectivity index (χ1v) is 5.96. The molecule has 18 heavy (non-hydrogen) atoms. The number of nitrogen functional groups attached to an aromatic ring is 1. The Hall–Kier alpha value is -1.89. The number of primary amides is 1. The van der Waals surface area contributed by atoms with Gasteiger partial charge in [-0.15, -0.1) is 0 Å². The highest BCUT2D eigenvalue weighted by Crippen LogP contribution is 2.22. The van der Waals surface area contributed by atoms with Crippen LogP contribution in [-0.4, -0.2) is 29.0 Å². The molecule has 1 unspecified atom stereocenters. The molecule has 1 aliphatic rings. The highest BCUT2D eigenvalue weighted by Gasteiger charge is 2.25. The number of nitrogens with two attached hydrogens (primary N) is 2. The number of carbonyl (C=O) groups excluding carboxylic acids is 1. The number of aryl methyl sites for hydroxylation is 1. The third-order valence-corrected chi connectivity index (χ3v) is 3.12. The molecule has 7 nitrogen and oxygen atoms in total. The van der Waals surface area contributed by atoms with Crippen LogP contribution in [-0.2, 0) is 4.79 Å². The summed E-state index contributed by atoms with van der Waals surface area (Å²) < 4.78 is 0. The van der Waals surface area contributed by atoms with Gasteiger partial charge < -0.3 is 10.6 Å². The van der Waals surface area contributed by atoms with E-state index in [1.54, 1.807) is 0 Å². The smallest absolute Gasteiger partial charge is 0.239 e. The molecule has 0 radical (unpaired) electrons. The summed E-state index contributed by atoms with van der Waals surface area (Å²) in [6, 6.07) is 1.88. The molecule has 2 rings (SSSR count). The fraction of sp³-hybridized carbons (Fsp3) is 0.545. The van der Waals surface area contributed by atoms with Crippen LogP contribution in [0.5, 0.6) is 0 Å². The molecular weight excluding hydrogens is 232 g/mol. The molecule has 1 aromatic heterocycles. The third-order valence-electron chi connectivity index (χ3n) is 3.12. The second-order valence-corrected chi connectivity index (χ2v) is 4.52. The van der Waals surface area contributed by atoms with Gasteiger partial charge in [-0.2, -0.15) is 4.98 Å². The first-order chi connectivity index (χ1) is 8.60. The largest absolute Gasteiger partial charge is 0.369 e. The first-order valence-electron chi connectivity index (χ1n) is 5.96. The predicted octanol–water partition coefficient (Wildman–Crippen LogP) is -0.228. The highest BCUT2D eigenvalue weighted by atomic mass is 16.1. The fourth-order valence-electron chi connectivity index (χ4n) is 2.20. The standard InChI is InChI=1S/C11H18N6O/c1-7-5-9(15-11(14-7)16-13)17-4-2-3-8(6-17)10(12)18/h5,8H,2-4,6,13H2,1H3,(H2,12,18)(H,14,15,16). The number of amides is 1. The Bertz CT molecular complexity index is 449. The lowest BCUT2D eigenvalue weighted by Crippen LogP contribution is -2.41. The molecule has 98 valence electrons. The van der Waals surface area contributed by atoms with E-state index in [9.17, 15) is 4.79 Å². The van der Waals surface area contributed by atoms with E-state index in [1.807, 2.05) is 13.0 Å². The number of nitrogens with one attached hydrogen (secondary N) is 1. The van der Waals surface area contributed by atoms with Crippen molar-refractivity contribution in [2.75, 3.05) is 23.4 Å². The third kappa shape index (κ3) is 2.67. The summed E-state index contributed by atoms with van der Waals surface area (Å²) in [6.07, 6.45) is 1.78. The van der Waals surface area contributed by atoms with Gasteiger partial charge in [0.05, 0.1) is 5.92 Å². The van der Waals surface area contributed by atoms with Crippen molar-refractivity contribution < 1.29 is 4.79 Å². The second-order valence-electron chi connectivity index (χ2n) is 4.52. The van der Waals surface area contributed by atoms with E-state index in [-0.39, 0.29) is 11.8 Å². The van der Waals surface area contributed by atoms with Gasteiger partial charge >= 0.3 is 0 Å². The highest BCUT2D eigenvalue weighted by molar-refractivity contribution is 5.77. The Labute approximate surface area is 106 Å². The van der Waals surface area contributed by atoms with Crippen LogP contribution in [0.25, 0.3) is 0 Å². The van der Waals surface area contributed by atoms with Crippen LogP contribution in [0.2, 0.25) is 0 Å². The minimum atomic E-state index is -0.248. The number of piperidine rings is 1. The van der Waals surface area contributed by atoms with Gasteiger partial charge in [-0.25, -0.2) is 10.8 Å². The van der Waals surface area contributed by atoms with Crippen molar-refractivity contribution in [3.63, 3.8) is 0 Å². The first kappa shape index (κ1) is 12.6. The number of anilines is 2. The predicted molar refractivity (Wildman–Crippen MR) is 68.7 cm³/mol. The van der Waals surface area contributed by atoms with E-state index in [2.05, 4.69) is 20.3 Å². The lowest BCUT2D eigenvalue weighted by atomic mass is 9.97. The molecular formula is C11H18N6O. The average molecular weight is 250 g/mol. The number of hydrogen-bond acceptors (Lipinski definition) is 6. The zero-order valence-electron chi connectivity index (χ0n) is 10.4. The molecule has 2 heterocycles. The van der Waals surface area contributed by atoms with Crippen LogP contribution >= 0.6 is 0 Å². The number of hydrazine groups is 1. The summed E-state index contributed by atoms with van der Waals surface area (Å²) in [5.41, 5.74) is 8.63. The molecule has 1 fully saturated rings. The van der Waals surface area contributed by atoms with Crippen LogP contribution in [0.3, 0.4) is 0 Å². The summed E-state index contributed by atoms with van der Waals surface area (Å²) in [5, 5.41) is 0. The molecule has 0 spiro atoms. The van der Waals surface area contributed by atoms with E-state index in [1.165, 1.54) is 0 Å². The molecule has 7 heteroatoms. The fourth-order valence-corrected chi connectivity index (χ4v) is 2.20. The molecule has 0 aliphatic carbocycles. The van der Waals surface area contributed by atoms with Crippen molar-refractivity contribution in [3.05, 3.63) is 11.8 Å². The quantitative estimate of drug-likeness (QED) is 0.505. The van der Waals surface area contributed by atoms with E-state index in [0.717, 1.165) is 30.9 Å². The molecule has 0 bridgehead atoms. The summed E-state index contributed by atoms with van der Waals surface area (Å²) >= 11 is 0. The number of carbonyl (C=O) groups is 1. The lowest BCUT2D eigenvalue weighted by molar-refractivity contribution is -0.122. The van der Waals surface area contributed by atoms with E-state index < -0.39 is 0 Å². The van der Waals surface area contributed by atoms with E-state index >= 15 is 0 Å². The van der Waals surface area contributed by atoms with Crippen molar-refractivity contribution in [2.24, 2.45) is 17.5 Å². The molecule has 1 aromatic rings. The number of nitrogens with zero attached hydrogens (tertiary/aromatic N) is 3. The molecule has 1 saturated heterocycles. The minimum Gasteiger partial charge on any atom is -0.369 e. The van der Waals surface area contributed by atoms with Crippen LogP contribution in [0.4, 0.5) is 11.8 Å². The van der Waals surface area contributed by atoms with Gasteiger partial charge in [0.15, 0.2) is 0 Å². The van der Waals surface area contributed by atoms with Crippen LogP contribution in [0.1, 0.15) is 18.5 Å². The maximum Gasteiger partial charge on any atom is 0.239 e. The monoisotopic (exact) mass is 250 g/mol. The Morgan fingerprint density at radius 3 is 3.00 bits per heavy atom. The van der Waals surface area contributed by atoms with Gasteiger partial charge in [-0.3, -0.25) is 10.2 Å². The van der Waals surface area contributed by atoms with Gasteiger partial charge in [0.25, 0.3) is 0 Å². The molecule has 5 N–H and O–H groups in total. The lowest BCUT2D eigenvalue weighted by Gasteiger charge is -2.32. The minimum absolute atomic E-state index is 0.108. The molecule has 1 atom stereocenters. The van der Waals surface area contributed by atoms with E-state index in [4.69, 9.17) is 11.6 Å². The average Bonchev–Trinajstić information content (AvgIpc) is 2.38. The zero-order valence-corrected chi connectivity index (χ0v) is 10.4. The van der Waals surface area contributed by atoms with Crippen molar-refractivity contribution in [3.8, 4) is 0 Å². The molecule has 0 aromatic carbocycles. The maximum atomic E-state index is 11.3. The van der Waals surface area contributed by atoms with Gasteiger partial charge in [0.2, 0.25) is 11.9 Å². The van der Waals surface area contributed by atoms with Crippen molar-refractivity contribution in [1.29, 1.82) is 0 Å². The SMILES string of the molecule is Cc1cc(N2CCCC(C(N)=O)C2)nc(NN)n1. The molecule has 1 amide bonds. The summed E-state index contributed by atoms with van der Waals surface area (Å²) in [4.78, 5) is 21.7. The normalized spacial score (nSPS) is 19.7. The van der Waals surface area contributed by atoms with Crippen LogP contribution < -0.4 is 21.9 Å². The summed E-state index contributed by atoms with van der Waals surface area (Å²) in [7, 11) is 0. The van der Waals surface area contributed by atoms with Gasteiger partial charge in [-0.05, 0) is 19.8 Å². The topological polar surface area (TPSA) is 110 Å². The Balaban J connectivity index is 2.20. The van der Waals surface area contributed by atoms with Crippen molar-refractivity contribution in [2.45, 2.75) is 19.8 Å². The number of rotatable bonds is 3. The Morgan fingerprint density at radius 2 is 2.33 bits per heavy atom. The van der Waals surface area contributed by atoms with Crippen molar-refractivity contribution >= 4 is 17.7 Å². The van der Waals surface area contributed by atoms with Gasteiger partial charge in [0, 0.05) is 24.8 Å². The van der Waals surface area contributed by atoms with Crippen molar-refractivity contribution in [1.82, 2.24) is 9.97 Å². The molecule has 1 aliphatic heterocycles. The van der Waals surface area contributed by atoms with Crippen LogP contribution in [0.15, 0.2) is 6.07 Å². The summed E-state index contributed by atoms with van der Waals surface area (Å²) in [5.74, 6) is 6.13. The zero-order chi connectivity index (χ0) is 13.1.